The van der Waals surface area contributed by atoms with Crippen LogP contribution in [0.1, 0.15) is 0 Å². The summed E-state index contributed by atoms with van der Waals surface area (Å²) in [5.41, 5.74) is 2.82. The molecule has 0 unspecified atom stereocenters. The van der Waals surface area contributed by atoms with Gasteiger partial charge >= 0.3 is 6.36 Å². The molecule has 1 N–H and O–H groups in total. The Morgan fingerprint density at radius 2 is 1.51 bits per heavy atom. The molecule has 0 aliphatic heterocycles. The third kappa shape index (κ3) is 5.16. The number of ether oxygens (including phenoxy) is 1. The molecular weight excluding hydrogens is 517 g/mol. The molecule has 0 bridgehead atoms. The molecule has 0 fully saturated rings. The number of rotatable bonds is 6. The lowest BCUT2D eigenvalue weighted by atomic mass is 10.1. The molecule has 5 nitrogen and oxygen atoms in total. The van der Waals surface area contributed by atoms with Crippen LogP contribution in [0.3, 0.4) is 0 Å². The Kier molecular flexibility index (Phi) is 5.99. The van der Waals surface area contributed by atoms with E-state index in [-0.39, 0.29) is 10.6 Å². The first-order chi connectivity index (χ1) is 16.7. The summed E-state index contributed by atoms with van der Waals surface area (Å²) in [5.74, 6) is -0.329. The van der Waals surface area contributed by atoms with Crippen molar-refractivity contribution in [2.75, 3.05) is 4.72 Å². The lowest BCUT2D eigenvalue weighted by Crippen LogP contribution is -2.16. The third-order valence-electron chi connectivity index (χ3n) is 5.00. The number of alkyl halides is 3. The summed E-state index contributed by atoms with van der Waals surface area (Å²) >= 11 is 2.75. The molecule has 0 amide bonds. The highest BCUT2D eigenvalue weighted by atomic mass is 32.2. The van der Waals surface area contributed by atoms with Gasteiger partial charge in [-0.25, -0.2) is 13.4 Å². The molecule has 0 aliphatic rings. The van der Waals surface area contributed by atoms with E-state index >= 15 is 0 Å². The highest BCUT2D eigenvalue weighted by Gasteiger charge is 2.31. The van der Waals surface area contributed by atoms with Gasteiger partial charge in [-0.15, -0.1) is 35.8 Å². The van der Waals surface area contributed by atoms with E-state index in [1.807, 2.05) is 30.3 Å². The number of thiazole rings is 1. The van der Waals surface area contributed by atoms with Crippen LogP contribution in [0.2, 0.25) is 0 Å². The van der Waals surface area contributed by atoms with Crippen LogP contribution in [0.25, 0.3) is 31.9 Å². The van der Waals surface area contributed by atoms with Crippen LogP contribution in [0.4, 0.5) is 18.2 Å². The van der Waals surface area contributed by atoms with Crippen LogP contribution < -0.4 is 9.46 Å². The van der Waals surface area contributed by atoms with Gasteiger partial charge in [0.2, 0.25) is 0 Å². The Balaban J connectivity index is 1.35. The van der Waals surface area contributed by atoms with Gasteiger partial charge in [-0.2, -0.15) is 0 Å². The van der Waals surface area contributed by atoms with Gasteiger partial charge in [0, 0.05) is 5.56 Å². The smallest absolute Gasteiger partial charge is 0.406 e. The molecule has 2 aromatic heterocycles. The highest BCUT2D eigenvalue weighted by molar-refractivity contribution is 7.93. The second kappa shape index (κ2) is 8.99. The van der Waals surface area contributed by atoms with Gasteiger partial charge < -0.3 is 4.74 Å². The summed E-state index contributed by atoms with van der Waals surface area (Å²) in [7, 11) is -3.88. The maximum absolute atomic E-state index is 13.0. The van der Waals surface area contributed by atoms with Gasteiger partial charge in [-0.1, -0.05) is 36.4 Å². The Morgan fingerprint density at radius 1 is 0.857 bits per heavy atom. The molecule has 0 radical (unpaired) electrons. The van der Waals surface area contributed by atoms with E-state index in [1.54, 1.807) is 17.5 Å². The number of anilines is 1. The van der Waals surface area contributed by atoms with Crippen molar-refractivity contribution in [1.82, 2.24) is 4.98 Å². The van der Waals surface area contributed by atoms with E-state index in [2.05, 4.69) is 14.4 Å². The van der Waals surface area contributed by atoms with Gasteiger partial charge in [-0.05, 0) is 59.0 Å². The molecule has 11 heteroatoms. The number of fused-ring (bicyclic) bond motifs is 1. The Bertz CT molecular complexity index is 1560. The van der Waals surface area contributed by atoms with E-state index in [1.165, 1.54) is 59.1 Å². The van der Waals surface area contributed by atoms with E-state index in [9.17, 15) is 21.6 Å². The fourth-order valence-corrected chi connectivity index (χ4v) is 6.58. The second-order valence-corrected chi connectivity index (χ2v) is 11.0. The number of halogens is 3. The highest BCUT2D eigenvalue weighted by Crippen LogP contribution is 2.38. The average Bonchev–Trinajstić information content (AvgIpc) is 3.45. The number of para-hydroxylation sites is 1. The van der Waals surface area contributed by atoms with Crippen LogP contribution in [-0.2, 0) is 10.0 Å². The van der Waals surface area contributed by atoms with E-state index in [4.69, 9.17) is 0 Å². The molecule has 5 aromatic rings. The van der Waals surface area contributed by atoms with Crippen molar-refractivity contribution in [2.24, 2.45) is 0 Å². The minimum atomic E-state index is -4.76. The molecule has 0 spiro atoms. The number of thiophene rings is 1. The molecular formula is C24H15F3N2O3S3. The Morgan fingerprint density at radius 3 is 2.17 bits per heavy atom. The van der Waals surface area contributed by atoms with Crippen LogP contribution in [0, 0.1) is 0 Å². The largest absolute Gasteiger partial charge is 0.573 e. The lowest BCUT2D eigenvalue weighted by Gasteiger charge is -2.10. The Labute approximate surface area is 206 Å². The fraction of sp³-hybridized carbons (Fsp3) is 0.0417. The molecule has 0 saturated carbocycles. The van der Waals surface area contributed by atoms with Gasteiger partial charge in [0.15, 0.2) is 0 Å². The third-order valence-corrected chi connectivity index (χ3v) is 8.40. The minimum Gasteiger partial charge on any atom is -0.406 e. The number of sulfonamides is 1. The molecule has 5 rings (SSSR count). The van der Waals surface area contributed by atoms with Crippen molar-refractivity contribution in [3.63, 3.8) is 0 Å². The summed E-state index contributed by atoms with van der Waals surface area (Å²) in [4.78, 5) is 4.67. The summed E-state index contributed by atoms with van der Waals surface area (Å²) in [6, 6.07) is 21.0. The SMILES string of the molecule is O=S(=O)(Nc1sccc1-c1nc2ccccc2s1)c1ccc(-c2ccc(OC(F)(F)F)cc2)cc1. The molecule has 0 aliphatic carbocycles. The first kappa shape index (κ1) is 23.3. The van der Waals surface area contributed by atoms with Crippen molar-refractivity contribution in [3.05, 3.63) is 84.2 Å². The molecule has 0 atom stereocenters. The van der Waals surface area contributed by atoms with E-state index in [0.29, 0.717) is 21.7 Å². The molecule has 178 valence electrons. The Hall–Kier alpha value is -3.41. The van der Waals surface area contributed by atoms with Crippen LogP contribution in [-0.4, -0.2) is 19.8 Å². The van der Waals surface area contributed by atoms with E-state index < -0.39 is 16.4 Å². The van der Waals surface area contributed by atoms with Crippen LogP contribution in [0.5, 0.6) is 5.75 Å². The molecule has 2 heterocycles. The molecule has 35 heavy (non-hydrogen) atoms. The number of hydrogen-bond acceptors (Lipinski definition) is 6. The first-order valence-corrected chi connectivity index (χ1v) is 13.3. The molecule has 0 saturated heterocycles. The minimum absolute atomic E-state index is 0.0573. The van der Waals surface area contributed by atoms with Crippen LogP contribution >= 0.6 is 22.7 Å². The van der Waals surface area contributed by atoms with E-state index in [0.717, 1.165) is 15.2 Å². The second-order valence-electron chi connectivity index (χ2n) is 7.35. The van der Waals surface area contributed by atoms with Crippen molar-refractivity contribution in [1.29, 1.82) is 0 Å². The number of hydrogen-bond donors (Lipinski definition) is 1. The summed E-state index contributed by atoms with van der Waals surface area (Å²) in [6.45, 7) is 0. The predicted molar refractivity (Wildman–Crippen MR) is 132 cm³/mol. The zero-order valence-corrected chi connectivity index (χ0v) is 20.1. The zero-order valence-electron chi connectivity index (χ0n) is 17.6. The zero-order chi connectivity index (χ0) is 24.6. The van der Waals surface area contributed by atoms with Gasteiger partial charge in [-0.3, -0.25) is 4.72 Å². The summed E-state index contributed by atoms with van der Waals surface area (Å²) in [6.07, 6.45) is -4.76. The monoisotopic (exact) mass is 532 g/mol. The van der Waals surface area contributed by atoms with Gasteiger partial charge in [0.1, 0.15) is 15.8 Å². The fourth-order valence-electron chi connectivity index (χ4n) is 3.40. The van der Waals surface area contributed by atoms with Crippen molar-refractivity contribution >= 4 is 47.9 Å². The quantitative estimate of drug-likeness (QED) is 0.248. The average molecular weight is 533 g/mol. The number of benzene rings is 3. The predicted octanol–water partition coefficient (Wildman–Crippen LogP) is 7.39. The summed E-state index contributed by atoms with van der Waals surface area (Å²) in [5, 5.41) is 2.99. The first-order valence-electron chi connectivity index (χ1n) is 10.1. The molecule has 3 aromatic carbocycles. The summed E-state index contributed by atoms with van der Waals surface area (Å²) < 4.78 is 70.6. The maximum Gasteiger partial charge on any atom is 0.573 e. The number of nitrogens with one attached hydrogen (secondary N) is 1. The van der Waals surface area contributed by atoms with Gasteiger partial charge in [0.05, 0.1) is 15.1 Å². The number of aromatic nitrogens is 1. The lowest BCUT2D eigenvalue weighted by molar-refractivity contribution is -0.274. The normalized spacial score (nSPS) is 12.1. The van der Waals surface area contributed by atoms with Gasteiger partial charge in [0.25, 0.3) is 10.0 Å². The van der Waals surface area contributed by atoms with Crippen molar-refractivity contribution < 1.29 is 26.3 Å². The topological polar surface area (TPSA) is 68.3 Å². The maximum atomic E-state index is 13.0. The standard InChI is InChI=1S/C24H15F3N2O3S3/c25-24(26,27)32-17-9-5-15(6-10-17)16-7-11-18(12-8-16)35(30,31)29-23-19(13-14-33-23)22-28-20-3-1-2-4-21(20)34-22/h1-14,29H. The number of nitrogens with zero attached hydrogens (tertiary/aromatic N) is 1. The van der Waals surface area contributed by atoms with Crippen LogP contribution in [0.15, 0.2) is 89.1 Å². The van der Waals surface area contributed by atoms with Crippen molar-refractivity contribution in [2.45, 2.75) is 11.3 Å². The van der Waals surface area contributed by atoms with Crippen molar-refractivity contribution in [3.8, 4) is 27.4 Å².